The highest BCUT2D eigenvalue weighted by molar-refractivity contribution is 7.90. The summed E-state index contributed by atoms with van der Waals surface area (Å²) in [6.45, 7) is -0.367. The molecule has 0 bridgehead atoms. The van der Waals surface area contributed by atoms with Gasteiger partial charge in [-0.15, -0.1) is 0 Å². The number of nitrogens with two attached hydrogens (primary N) is 1. The van der Waals surface area contributed by atoms with Crippen molar-refractivity contribution in [2.24, 2.45) is 5.73 Å². The Labute approximate surface area is 164 Å². The molecule has 0 atom stereocenters. The van der Waals surface area contributed by atoms with Gasteiger partial charge in [-0.05, 0) is 35.9 Å². The molecule has 1 heterocycles. The first-order valence-electron chi connectivity index (χ1n) is 8.42. The molecule has 0 radical (unpaired) electrons. The maximum atomic E-state index is 13.9. The Morgan fingerprint density at radius 2 is 1.97 bits per heavy atom. The number of halogens is 4. The van der Waals surface area contributed by atoms with Crippen LogP contribution < -0.4 is 5.73 Å². The Balaban J connectivity index is 2.27. The van der Waals surface area contributed by atoms with Crippen LogP contribution in [0.15, 0.2) is 59.5 Å². The molecule has 0 saturated carbocycles. The van der Waals surface area contributed by atoms with E-state index in [2.05, 4.69) is 4.98 Å². The fraction of sp³-hybridized carbons (Fsp3) is 0.211. The van der Waals surface area contributed by atoms with Crippen LogP contribution in [-0.2, 0) is 22.6 Å². The smallest absolute Gasteiger partial charge is 0.327 e. The van der Waals surface area contributed by atoms with E-state index in [4.69, 9.17) is 5.73 Å². The average molecular weight is 427 g/mol. The Morgan fingerprint density at radius 1 is 1.24 bits per heavy atom. The first kappa shape index (κ1) is 21.0. The zero-order chi connectivity index (χ0) is 21.4. The molecule has 0 aliphatic rings. The molecule has 0 spiro atoms. The lowest BCUT2D eigenvalue weighted by Crippen LogP contribution is -2.07. The van der Waals surface area contributed by atoms with Crippen molar-refractivity contribution in [1.82, 2.24) is 9.55 Å². The summed E-state index contributed by atoms with van der Waals surface area (Å²) in [7, 11) is -3.56. The van der Waals surface area contributed by atoms with Crippen LogP contribution in [-0.4, -0.2) is 30.8 Å². The van der Waals surface area contributed by atoms with Gasteiger partial charge in [-0.3, -0.25) is 0 Å². The zero-order valence-corrected chi connectivity index (χ0v) is 16.1. The van der Waals surface area contributed by atoms with E-state index < -0.39 is 27.4 Å². The van der Waals surface area contributed by atoms with Crippen molar-refractivity contribution in [3.63, 3.8) is 0 Å². The summed E-state index contributed by atoms with van der Waals surface area (Å²) < 4.78 is 79.2. The molecule has 154 valence electrons. The number of hydrogen-bond acceptors (Lipinski definition) is 4. The van der Waals surface area contributed by atoms with Gasteiger partial charge in [0.2, 0.25) is 0 Å². The molecule has 2 N–H and O–H groups in total. The standard InChI is InChI=1S/C19H17F4N3O2S/c1-29(27,28)15-4-2-3-12(7-15)16-8-13(19(21,22)23)9-17-18(16)25-11-26(17)10-14(20)5-6-24/h2-5,7-9,11H,6,10,24H2,1H3/b14-5-. The van der Waals surface area contributed by atoms with Gasteiger partial charge in [0.25, 0.3) is 0 Å². The van der Waals surface area contributed by atoms with E-state index in [-0.39, 0.29) is 40.1 Å². The number of rotatable bonds is 5. The fourth-order valence-electron chi connectivity index (χ4n) is 2.92. The number of sulfone groups is 1. The van der Waals surface area contributed by atoms with E-state index in [9.17, 15) is 26.0 Å². The summed E-state index contributed by atoms with van der Waals surface area (Å²) in [6.07, 6.45) is -1.29. The van der Waals surface area contributed by atoms with Crippen molar-refractivity contribution >= 4 is 20.9 Å². The number of nitrogens with zero attached hydrogens (tertiary/aromatic N) is 2. The monoisotopic (exact) mass is 427 g/mol. The second-order valence-corrected chi connectivity index (χ2v) is 8.46. The van der Waals surface area contributed by atoms with Crippen molar-refractivity contribution in [2.45, 2.75) is 17.6 Å². The average Bonchev–Trinajstić information content (AvgIpc) is 3.02. The van der Waals surface area contributed by atoms with Gasteiger partial charge in [-0.2, -0.15) is 13.2 Å². The number of alkyl halides is 3. The summed E-state index contributed by atoms with van der Waals surface area (Å²) in [5, 5.41) is 0. The number of hydrogen-bond donors (Lipinski definition) is 1. The first-order valence-corrected chi connectivity index (χ1v) is 10.3. The van der Waals surface area contributed by atoms with E-state index in [1.165, 1.54) is 35.2 Å². The lowest BCUT2D eigenvalue weighted by atomic mass is 10.0. The molecule has 3 aromatic rings. The maximum Gasteiger partial charge on any atom is 0.416 e. The highest BCUT2D eigenvalue weighted by atomic mass is 32.2. The van der Waals surface area contributed by atoms with Crippen LogP contribution in [0.2, 0.25) is 0 Å². The van der Waals surface area contributed by atoms with Crippen LogP contribution in [0.5, 0.6) is 0 Å². The molecule has 3 rings (SSSR count). The van der Waals surface area contributed by atoms with Crippen molar-refractivity contribution in [3.05, 3.63) is 60.2 Å². The van der Waals surface area contributed by atoms with Gasteiger partial charge in [0.1, 0.15) is 5.83 Å². The summed E-state index contributed by atoms with van der Waals surface area (Å²) >= 11 is 0. The second kappa shape index (κ2) is 7.60. The molecule has 0 fully saturated rings. The van der Waals surface area contributed by atoms with Gasteiger partial charge < -0.3 is 10.3 Å². The number of allylic oxidation sites excluding steroid dienone is 1. The van der Waals surface area contributed by atoms with Crippen molar-refractivity contribution in [3.8, 4) is 11.1 Å². The maximum absolute atomic E-state index is 13.9. The van der Waals surface area contributed by atoms with E-state index in [1.54, 1.807) is 0 Å². The number of aromatic nitrogens is 2. The molecule has 0 aliphatic heterocycles. The van der Waals surface area contributed by atoms with Gasteiger partial charge in [-0.25, -0.2) is 17.8 Å². The molecule has 29 heavy (non-hydrogen) atoms. The Hall–Kier alpha value is -2.72. The van der Waals surface area contributed by atoms with Gasteiger partial charge in [0.15, 0.2) is 9.84 Å². The topological polar surface area (TPSA) is 78.0 Å². The molecule has 10 heteroatoms. The summed E-state index contributed by atoms with van der Waals surface area (Å²) in [5.41, 5.74) is 4.94. The fourth-order valence-corrected chi connectivity index (χ4v) is 3.59. The van der Waals surface area contributed by atoms with Crippen molar-refractivity contribution in [1.29, 1.82) is 0 Å². The van der Waals surface area contributed by atoms with Crippen LogP contribution in [0, 0.1) is 0 Å². The molecule has 1 aromatic heterocycles. The van der Waals surface area contributed by atoms with E-state index in [1.807, 2.05) is 0 Å². The largest absolute Gasteiger partial charge is 0.416 e. The van der Waals surface area contributed by atoms with Crippen molar-refractivity contribution < 1.29 is 26.0 Å². The molecular formula is C19H17F4N3O2S. The van der Waals surface area contributed by atoms with E-state index >= 15 is 0 Å². The predicted molar refractivity (Wildman–Crippen MR) is 102 cm³/mol. The number of fused-ring (bicyclic) bond motifs is 1. The second-order valence-electron chi connectivity index (χ2n) is 6.45. The van der Waals surface area contributed by atoms with E-state index in [0.29, 0.717) is 0 Å². The predicted octanol–water partition coefficient (Wildman–Crippen LogP) is 3.94. The lowest BCUT2D eigenvalue weighted by molar-refractivity contribution is -0.137. The van der Waals surface area contributed by atoms with Crippen LogP contribution in [0.1, 0.15) is 5.56 Å². The Kier molecular flexibility index (Phi) is 5.50. The minimum atomic E-state index is -4.65. The Morgan fingerprint density at radius 3 is 2.59 bits per heavy atom. The summed E-state index contributed by atoms with van der Waals surface area (Å²) in [4.78, 5) is 4.11. The molecule has 5 nitrogen and oxygen atoms in total. The molecule has 0 unspecified atom stereocenters. The molecule has 2 aromatic carbocycles. The minimum Gasteiger partial charge on any atom is -0.327 e. The van der Waals surface area contributed by atoms with Gasteiger partial charge in [-0.1, -0.05) is 12.1 Å². The van der Waals surface area contributed by atoms with Gasteiger partial charge >= 0.3 is 6.18 Å². The minimum absolute atomic E-state index is 0.0306. The zero-order valence-electron chi connectivity index (χ0n) is 15.2. The highest BCUT2D eigenvalue weighted by Crippen LogP contribution is 2.37. The molecule has 0 aliphatic carbocycles. The lowest BCUT2D eigenvalue weighted by Gasteiger charge is -2.12. The SMILES string of the molecule is CS(=O)(=O)c1cccc(-c2cc(C(F)(F)F)cc3c2ncn3C/C(F)=C/CN)c1. The highest BCUT2D eigenvalue weighted by Gasteiger charge is 2.32. The normalized spacial score (nSPS) is 13.2. The van der Waals surface area contributed by atoms with Gasteiger partial charge in [0, 0.05) is 18.4 Å². The van der Waals surface area contributed by atoms with E-state index in [0.717, 1.165) is 24.5 Å². The van der Waals surface area contributed by atoms with Crippen LogP contribution in [0.25, 0.3) is 22.2 Å². The molecule has 0 amide bonds. The van der Waals surface area contributed by atoms with Crippen LogP contribution >= 0.6 is 0 Å². The Bertz CT molecular complexity index is 1200. The third-order valence-electron chi connectivity index (χ3n) is 4.29. The summed E-state index contributed by atoms with van der Waals surface area (Å²) in [5.74, 6) is -0.607. The third-order valence-corrected chi connectivity index (χ3v) is 5.40. The number of imidazole rings is 1. The number of benzene rings is 2. The first-order chi connectivity index (χ1) is 13.5. The summed E-state index contributed by atoms with van der Waals surface area (Å²) in [6, 6.07) is 7.39. The van der Waals surface area contributed by atoms with Crippen molar-refractivity contribution in [2.75, 3.05) is 12.8 Å². The molecule has 0 saturated heterocycles. The molecular weight excluding hydrogens is 410 g/mol. The van der Waals surface area contributed by atoms with Gasteiger partial charge in [0.05, 0.1) is 34.4 Å². The van der Waals surface area contributed by atoms with Crippen LogP contribution in [0.4, 0.5) is 17.6 Å². The quantitative estimate of drug-likeness (QED) is 0.626. The van der Waals surface area contributed by atoms with Crippen LogP contribution in [0.3, 0.4) is 0 Å². The third kappa shape index (κ3) is 4.48.